The van der Waals surface area contributed by atoms with Crippen LogP contribution in [-0.2, 0) is 33.3 Å². The van der Waals surface area contributed by atoms with Crippen LogP contribution >= 0.6 is 0 Å². The zero-order chi connectivity index (χ0) is 47.5. The molecular formula is C57H110NO7+. The molecule has 1 aliphatic rings. The van der Waals surface area contributed by atoms with Gasteiger partial charge in [-0.1, -0.05) is 252 Å². The first-order valence-electron chi connectivity index (χ1n) is 28.6. The molecule has 0 N–H and O–H groups in total. The van der Waals surface area contributed by atoms with Gasteiger partial charge in [-0.3, -0.25) is 14.4 Å². The summed E-state index contributed by atoms with van der Waals surface area (Å²) >= 11 is 0. The molecule has 0 aromatic heterocycles. The minimum atomic E-state index is -0.819. The van der Waals surface area contributed by atoms with E-state index in [4.69, 9.17) is 18.9 Å². The van der Waals surface area contributed by atoms with Gasteiger partial charge in [-0.25, -0.2) is 0 Å². The molecule has 0 aliphatic carbocycles. The number of likely N-dealkylation sites (N-methyl/N-ethyl adjacent to an activating group) is 1. The van der Waals surface area contributed by atoms with Crippen LogP contribution in [0, 0.1) is 0 Å². The molecule has 1 fully saturated rings. The largest absolute Gasteiger partial charge is 0.456 e. The first-order chi connectivity index (χ1) is 31.6. The molecule has 65 heavy (non-hydrogen) atoms. The Morgan fingerprint density at radius 2 is 0.692 bits per heavy atom. The lowest BCUT2D eigenvalue weighted by atomic mass is 10.0. The monoisotopic (exact) mass is 921 g/mol. The molecule has 0 unspecified atom stereocenters. The Bertz CT molecular complexity index is 1090. The highest BCUT2D eigenvalue weighted by Gasteiger charge is 2.49. The minimum absolute atomic E-state index is 0.121. The van der Waals surface area contributed by atoms with E-state index < -0.39 is 24.4 Å². The normalized spacial score (nSPS) is 16.8. The van der Waals surface area contributed by atoms with Crippen molar-refractivity contribution in [3.05, 3.63) is 0 Å². The smallest absolute Gasteiger partial charge is 0.306 e. The Morgan fingerprint density at radius 3 is 1.00 bits per heavy atom. The van der Waals surface area contributed by atoms with Crippen LogP contribution in [0.15, 0.2) is 0 Å². The Labute approximate surface area is 403 Å². The number of esters is 3. The number of carbonyl (C=O) groups excluding carboxylic acids is 3. The van der Waals surface area contributed by atoms with Crippen molar-refractivity contribution >= 4 is 17.9 Å². The average molecular weight is 922 g/mol. The van der Waals surface area contributed by atoms with Crippen molar-refractivity contribution in [2.45, 2.75) is 315 Å². The van der Waals surface area contributed by atoms with Crippen LogP contribution in [0.3, 0.4) is 0 Å². The first kappa shape index (κ1) is 61.3. The van der Waals surface area contributed by atoms with E-state index in [-0.39, 0.29) is 24.5 Å². The summed E-state index contributed by atoms with van der Waals surface area (Å²) in [7, 11) is 6.18. The third kappa shape index (κ3) is 37.9. The molecule has 8 nitrogen and oxygen atoms in total. The molecule has 0 bridgehead atoms. The van der Waals surface area contributed by atoms with Gasteiger partial charge >= 0.3 is 17.9 Å². The fourth-order valence-corrected chi connectivity index (χ4v) is 9.45. The third-order valence-electron chi connectivity index (χ3n) is 13.5. The molecule has 1 aliphatic heterocycles. The third-order valence-corrected chi connectivity index (χ3v) is 13.5. The van der Waals surface area contributed by atoms with Crippen LogP contribution in [-0.4, -0.2) is 81.1 Å². The number of quaternary nitrogens is 1. The van der Waals surface area contributed by atoms with E-state index in [1.54, 1.807) is 0 Å². The molecule has 8 heteroatoms. The summed E-state index contributed by atoms with van der Waals surface area (Å²) < 4.78 is 25.3. The molecule has 0 spiro atoms. The summed E-state index contributed by atoms with van der Waals surface area (Å²) in [5.74, 6) is -0.814. The average Bonchev–Trinajstić information content (AvgIpc) is 3.65. The molecule has 384 valence electrons. The van der Waals surface area contributed by atoms with Gasteiger partial charge in [-0.15, -0.1) is 0 Å². The molecular weight excluding hydrogens is 811 g/mol. The van der Waals surface area contributed by atoms with Gasteiger partial charge in [-0.2, -0.15) is 0 Å². The highest BCUT2D eigenvalue weighted by molar-refractivity contribution is 5.71. The summed E-state index contributed by atoms with van der Waals surface area (Å²) in [6.07, 6.45) is 46.8. The van der Waals surface area contributed by atoms with Gasteiger partial charge in [-0.05, 0) is 19.3 Å². The van der Waals surface area contributed by atoms with Crippen molar-refractivity contribution < 1.29 is 37.8 Å². The second kappa shape index (κ2) is 43.6. The Morgan fingerprint density at radius 1 is 0.415 bits per heavy atom. The molecule has 1 rings (SSSR count). The summed E-state index contributed by atoms with van der Waals surface area (Å²) in [4.78, 5) is 40.0. The second-order valence-corrected chi connectivity index (χ2v) is 21.3. The maximum absolute atomic E-state index is 13.4. The predicted octanol–water partition coefficient (Wildman–Crippen LogP) is 16.3. The van der Waals surface area contributed by atoms with Crippen LogP contribution in [0.2, 0.25) is 0 Å². The maximum Gasteiger partial charge on any atom is 0.306 e. The van der Waals surface area contributed by atoms with E-state index in [1.807, 2.05) is 0 Å². The number of nitrogens with zero attached hydrogens (tertiary/aromatic N) is 1. The molecule has 1 saturated heterocycles. The lowest BCUT2D eigenvalue weighted by molar-refractivity contribution is -0.873. The molecule has 1 heterocycles. The summed E-state index contributed by atoms with van der Waals surface area (Å²) in [5.41, 5.74) is 0. The van der Waals surface area contributed by atoms with Crippen LogP contribution in [0.1, 0.15) is 290 Å². The summed E-state index contributed by atoms with van der Waals surface area (Å²) in [5, 5.41) is 0. The van der Waals surface area contributed by atoms with Crippen LogP contribution < -0.4 is 0 Å². The highest BCUT2D eigenvalue weighted by Crippen LogP contribution is 2.28. The molecule has 0 aromatic carbocycles. The van der Waals surface area contributed by atoms with Crippen LogP contribution in [0.25, 0.3) is 0 Å². The molecule has 0 saturated carbocycles. The summed E-state index contributed by atoms with van der Waals surface area (Å²) in [6.45, 7) is 7.41. The maximum atomic E-state index is 13.4. The predicted molar refractivity (Wildman–Crippen MR) is 273 cm³/mol. The van der Waals surface area contributed by atoms with Crippen molar-refractivity contribution in [1.29, 1.82) is 0 Å². The first-order valence-corrected chi connectivity index (χ1v) is 28.6. The Balaban J connectivity index is 2.66. The SMILES string of the molecule is CCCCCCCCCCCCCCCC(=O)O[C@H]1[C@@H]([C@@H](C[N+](C)(C)C)OC(=O)CCCCCCCCCCCCCCC)OC[C@@H]1OC(=O)CCCCCCCCCCCCCCC. The van der Waals surface area contributed by atoms with Gasteiger partial charge in [0.2, 0.25) is 0 Å². The second-order valence-electron chi connectivity index (χ2n) is 21.3. The number of hydrogen-bond acceptors (Lipinski definition) is 7. The lowest BCUT2D eigenvalue weighted by Crippen LogP contribution is -2.52. The zero-order valence-electron chi connectivity index (χ0n) is 44.2. The van der Waals surface area contributed by atoms with Crippen molar-refractivity contribution in [2.24, 2.45) is 0 Å². The Kier molecular flexibility index (Phi) is 41.1. The van der Waals surface area contributed by atoms with E-state index in [0.717, 1.165) is 57.8 Å². The van der Waals surface area contributed by atoms with Crippen molar-refractivity contribution in [3.8, 4) is 0 Å². The number of ether oxygens (including phenoxy) is 4. The van der Waals surface area contributed by atoms with E-state index in [9.17, 15) is 14.4 Å². The zero-order valence-corrected chi connectivity index (χ0v) is 44.2. The molecule has 0 amide bonds. The van der Waals surface area contributed by atoms with Crippen LogP contribution in [0.5, 0.6) is 0 Å². The lowest BCUT2D eigenvalue weighted by Gasteiger charge is -2.33. The van der Waals surface area contributed by atoms with E-state index in [0.29, 0.717) is 30.3 Å². The van der Waals surface area contributed by atoms with Gasteiger partial charge in [0, 0.05) is 19.3 Å². The number of unbranched alkanes of at least 4 members (excludes halogenated alkanes) is 36. The standard InChI is InChI=1S/C57H110NO7/c1-7-10-13-16-19-22-25-28-31-34-37-40-43-46-53(59)63-51(49-58(4,5)6)56-57(65-55(61)48-45-42-39-36-33-30-27-24-21-18-15-12-9-3)52(50-62-56)64-54(60)47-44-41-38-35-32-29-26-23-20-17-14-11-8-2/h51-52,56-57H,7-50H2,1-6H3/q+1/t51-,52+,56-,57-/m1/s1. The Hall–Kier alpha value is -1.67. The van der Waals surface area contributed by atoms with Crippen molar-refractivity contribution in [3.63, 3.8) is 0 Å². The molecule has 0 aromatic rings. The van der Waals surface area contributed by atoms with E-state index in [2.05, 4.69) is 41.9 Å². The van der Waals surface area contributed by atoms with E-state index >= 15 is 0 Å². The highest BCUT2D eigenvalue weighted by atomic mass is 16.6. The van der Waals surface area contributed by atoms with Crippen LogP contribution in [0.4, 0.5) is 0 Å². The topological polar surface area (TPSA) is 88.1 Å². The van der Waals surface area contributed by atoms with Crippen molar-refractivity contribution in [2.75, 3.05) is 34.3 Å². The molecule has 0 radical (unpaired) electrons. The summed E-state index contributed by atoms with van der Waals surface area (Å²) in [6, 6.07) is 0. The fraction of sp³-hybridized carbons (Fsp3) is 0.947. The van der Waals surface area contributed by atoms with Gasteiger partial charge in [0.25, 0.3) is 0 Å². The molecule has 4 atom stereocenters. The number of hydrogen-bond donors (Lipinski definition) is 0. The quantitative estimate of drug-likeness (QED) is 0.0260. The van der Waals surface area contributed by atoms with E-state index in [1.165, 1.54) is 193 Å². The number of rotatable bonds is 48. The minimum Gasteiger partial charge on any atom is -0.456 e. The van der Waals surface area contributed by atoms with Crippen molar-refractivity contribution in [1.82, 2.24) is 0 Å². The van der Waals surface area contributed by atoms with Gasteiger partial charge in [0.15, 0.2) is 18.3 Å². The number of carbonyl (C=O) groups is 3. The fourth-order valence-electron chi connectivity index (χ4n) is 9.45. The van der Waals surface area contributed by atoms with Gasteiger partial charge in [0.1, 0.15) is 12.6 Å². The van der Waals surface area contributed by atoms with Gasteiger partial charge in [0.05, 0.1) is 27.7 Å². The van der Waals surface area contributed by atoms with Gasteiger partial charge < -0.3 is 23.4 Å².